The van der Waals surface area contributed by atoms with Gasteiger partial charge in [0.25, 0.3) is 0 Å². The number of para-hydroxylation sites is 1. The summed E-state index contributed by atoms with van der Waals surface area (Å²) in [6.07, 6.45) is 1.70. The van der Waals surface area contributed by atoms with Crippen molar-refractivity contribution in [2.45, 2.75) is 18.1 Å². The topological polar surface area (TPSA) is 24.3 Å². The molecule has 1 aromatic rings. The van der Waals surface area contributed by atoms with Crippen LogP contribution in [0.3, 0.4) is 0 Å². The van der Waals surface area contributed by atoms with E-state index in [9.17, 15) is 0 Å². The number of nitrogens with one attached hydrogen (secondary N) is 1. The zero-order valence-electron chi connectivity index (χ0n) is 8.57. The molecular weight excluding hydrogens is 188 g/mol. The van der Waals surface area contributed by atoms with Crippen LogP contribution in [-0.2, 0) is 5.54 Å². The third-order valence-electron chi connectivity index (χ3n) is 3.99. The van der Waals surface area contributed by atoms with Gasteiger partial charge in [-0.1, -0.05) is 18.2 Å². The Labute approximate surface area is 89.0 Å². The Kier molecular flexibility index (Phi) is 1.38. The average molecular weight is 202 g/mol. The van der Waals surface area contributed by atoms with Gasteiger partial charge in [0.1, 0.15) is 5.75 Å². The SMILES string of the molecule is c1ccc2c(c1)OCCC21C2NCCN21. The first-order chi connectivity index (χ1) is 7.43. The van der Waals surface area contributed by atoms with E-state index in [2.05, 4.69) is 34.5 Å². The Morgan fingerprint density at radius 3 is 3.20 bits per heavy atom. The zero-order valence-corrected chi connectivity index (χ0v) is 8.57. The average Bonchev–Trinajstić information content (AvgIpc) is 2.69. The highest BCUT2D eigenvalue weighted by Gasteiger charge is 2.66. The summed E-state index contributed by atoms with van der Waals surface area (Å²) >= 11 is 0. The van der Waals surface area contributed by atoms with Crippen molar-refractivity contribution in [3.8, 4) is 5.75 Å². The smallest absolute Gasteiger partial charge is 0.124 e. The lowest BCUT2D eigenvalue weighted by Gasteiger charge is -2.28. The monoisotopic (exact) mass is 202 g/mol. The molecule has 3 nitrogen and oxygen atoms in total. The van der Waals surface area contributed by atoms with Gasteiger partial charge in [-0.15, -0.1) is 0 Å². The molecule has 0 aromatic heterocycles. The van der Waals surface area contributed by atoms with Gasteiger partial charge in [0.05, 0.1) is 18.3 Å². The second kappa shape index (κ2) is 2.54. The van der Waals surface area contributed by atoms with Crippen LogP contribution in [0.2, 0.25) is 0 Å². The van der Waals surface area contributed by atoms with E-state index in [-0.39, 0.29) is 5.54 Å². The first-order valence-corrected chi connectivity index (χ1v) is 5.65. The molecule has 0 bridgehead atoms. The van der Waals surface area contributed by atoms with Crippen molar-refractivity contribution in [2.24, 2.45) is 0 Å². The quantitative estimate of drug-likeness (QED) is 0.633. The van der Waals surface area contributed by atoms with Crippen LogP contribution >= 0.6 is 0 Å². The highest BCUT2D eigenvalue weighted by Crippen LogP contribution is 2.56. The predicted octanol–water partition coefficient (Wildman–Crippen LogP) is 0.909. The predicted molar refractivity (Wildman–Crippen MR) is 56.7 cm³/mol. The van der Waals surface area contributed by atoms with E-state index in [4.69, 9.17) is 4.74 Å². The highest BCUT2D eigenvalue weighted by atomic mass is 16.5. The van der Waals surface area contributed by atoms with Gasteiger partial charge < -0.3 is 4.74 Å². The fourth-order valence-corrected chi connectivity index (χ4v) is 3.30. The first-order valence-electron chi connectivity index (χ1n) is 5.65. The molecule has 2 saturated heterocycles. The lowest BCUT2D eigenvalue weighted by molar-refractivity contribution is 0.227. The summed E-state index contributed by atoms with van der Waals surface area (Å²) in [6, 6.07) is 8.48. The lowest BCUT2D eigenvalue weighted by Crippen LogP contribution is -2.33. The standard InChI is InChI=1S/C12H14N2O/c1-2-4-10-9(3-1)12(5-8-15-10)11-13-6-7-14(11)12/h1-4,11,13H,5-8H2. The largest absolute Gasteiger partial charge is 0.493 e. The van der Waals surface area contributed by atoms with E-state index >= 15 is 0 Å². The fraction of sp³-hybridized carbons (Fsp3) is 0.500. The fourth-order valence-electron chi connectivity index (χ4n) is 3.30. The first kappa shape index (κ1) is 8.13. The van der Waals surface area contributed by atoms with Gasteiger partial charge >= 0.3 is 0 Å². The van der Waals surface area contributed by atoms with Gasteiger partial charge in [0.15, 0.2) is 0 Å². The Morgan fingerprint density at radius 1 is 1.40 bits per heavy atom. The van der Waals surface area contributed by atoms with Crippen molar-refractivity contribution >= 4 is 0 Å². The molecular formula is C12H14N2O. The lowest BCUT2D eigenvalue weighted by atomic mass is 9.91. The van der Waals surface area contributed by atoms with Gasteiger partial charge in [-0.2, -0.15) is 0 Å². The number of ether oxygens (including phenoxy) is 1. The summed E-state index contributed by atoms with van der Waals surface area (Å²) < 4.78 is 5.71. The summed E-state index contributed by atoms with van der Waals surface area (Å²) in [6.45, 7) is 3.17. The van der Waals surface area contributed by atoms with Gasteiger partial charge in [0, 0.05) is 25.1 Å². The molecule has 2 fully saturated rings. The molecule has 1 aromatic carbocycles. The molecule has 3 aliphatic heterocycles. The Morgan fingerprint density at radius 2 is 2.33 bits per heavy atom. The second-order valence-electron chi connectivity index (χ2n) is 4.57. The minimum absolute atomic E-state index is 0.271. The van der Waals surface area contributed by atoms with E-state index in [0.717, 1.165) is 25.3 Å². The normalized spacial score (nSPS) is 40.8. The molecule has 0 amide bonds. The number of rotatable bonds is 0. The molecule has 3 atom stereocenters. The maximum absolute atomic E-state index is 5.71. The molecule has 3 heterocycles. The minimum Gasteiger partial charge on any atom is -0.493 e. The highest BCUT2D eigenvalue weighted by molar-refractivity contribution is 5.47. The molecule has 4 rings (SSSR count). The number of nitrogens with zero attached hydrogens (tertiary/aromatic N) is 1. The van der Waals surface area contributed by atoms with Crippen LogP contribution in [0.15, 0.2) is 24.3 Å². The molecule has 15 heavy (non-hydrogen) atoms. The van der Waals surface area contributed by atoms with Crippen molar-refractivity contribution in [1.82, 2.24) is 10.2 Å². The Hall–Kier alpha value is -1.06. The van der Waals surface area contributed by atoms with Crippen molar-refractivity contribution in [3.05, 3.63) is 29.8 Å². The van der Waals surface area contributed by atoms with E-state index in [1.165, 1.54) is 12.1 Å². The second-order valence-corrected chi connectivity index (χ2v) is 4.57. The van der Waals surface area contributed by atoms with Crippen molar-refractivity contribution in [2.75, 3.05) is 19.7 Å². The zero-order chi connectivity index (χ0) is 9.88. The third-order valence-corrected chi connectivity index (χ3v) is 3.99. The molecule has 1 N–H and O–H groups in total. The van der Waals surface area contributed by atoms with Crippen molar-refractivity contribution in [1.29, 1.82) is 0 Å². The molecule has 0 radical (unpaired) electrons. The molecule has 3 unspecified atom stereocenters. The third kappa shape index (κ3) is 0.840. The number of hydrogen-bond donors (Lipinski definition) is 1. The molecule has 3 aliphatic rings. The summed E-state index contributed by atoms with van der Waals surface area (Å²) in [7, 11) is 0. The van der Waals surface area contributed by atoms with Crippen LogP contribution in [-0.4, -0.2) is 30.8 Å². The van der Waals surface area contributed by atoms with Crippen molar-refractivity contribution in [3.63, 3.8) is 0 Å². The summed E-state index contributed by atoms with van der Waals surface area (Å²) in [5.41, 5.74) is 1.65. The van der Waals surface area contributed by atoms with Crippen LogP contribution < -0.4 is 10.1 Å². The van der Waals surface area contributed by atoms with Crippen LogP contribution in [0, 0.1) is 0 Å². The number of benzene rings is 1. The van der Waals surface area contributed by atoms with E-state index in [0.29, 0.717) is 6.17 Å². The molecule has 0 saturated carbocycles. The van der Waals surface area contributed by atoms with Crippen LogP contribution in [0.4, 0.5) is 0 Å². The number of fused-ring (bicyclic) bond motifs is 5. The van der Waals surface area contributed by atoms with Crippen LogP contribution in [0.5, 0.6) is 5.75 Å². The van der Waals surface area contributed by atoms with Gasteiger partial charge in [-0.3, -0.25) is 10.2 Å². The van der Waals surface area contributed by atoms with Gasteiger partial charge in [-0.25, -0.2) is 0 Å². The van der Waals surface area contributed by atoms with E-state index in [1.54, 1.807) is 0 Å². The van der Waals surface area contributed by atoms with E-state index in [1.807, 2.05) is 0 Å². The number of piperazine rings is 1. The maximum atomic E-state index is 5.71. The van der Waals surface area contributed by atoms with Crippen LogP contribution in [0.25, 0.3) is 0 Å². The Bertz CT molecular complexity index is 408. The minimum atomic E-state index is 0.271. The summed E-state index contributed by atoms with van der Waals surface area (Å²) in [5.74, 6) is 1.08. The van der Waals surface area contributed by atoms with E-state index < -0.39 is 0 Å². The summed E-state index contributed by atoms with van der Waals surface area (Å²) in [5, 5.41) is 3.57. The molecule has 0 aliphatic carbocycles. The molecule has 1 spiro atoms. The van der Waals surface area contributed by atoms with Crippen molar-refractivity contribution < 1.29 is 4.74 Å². The van der Waals surface area contributed by atoms with Gasteiger partial charge in [0.2, 0.25) is 0 Å². The summed E-state index contributed by atoms with van der Waals surface area (Å²) in [4.78, 5) is 2.56. The molecule has 3 heteroatoms. The van der Waals surface area contributed by atoms with Gasteiger partial charge in [-0.05, 0) is 6.07 Å². The molecule has 78 valence electrons. The number of hydrogen-bond acceptors (Lipinski definition) is 3. The van der Waals surface area contributed by atoms with Crippen LogP contribution in [0.1, 0.15) is 12.0 Å². The maximum Gasteiger partial charge on any atom is 0.124 e. The Balaban J connectivity index is 1.85.